The van der Waals surface area contributed by atoms with Crippen molar-refractivity contribution in [3.8, 4) is 0 Å². The number of hydrogen-bond donors (Lipinski definition) is 0. The molecule has 2 aromatic rings. The predicted octanol–water partition coefficient (Wildman–Crippen LogP) is 6.56. The molecule has 1 saturated heterocycles. The predicted molar refractivity (Wildman–Crippen MR) is 136 cm³/mol. The number of aryl methyl sites for hydroxylation is 1. The fraction of sp³-hybridized carbons (Fsp3) is 0.536. The van der Waals surface area contributed by atoms with Crippen LogP contribution in [0.3, 0.4) is 0 Å². The Labute approximate surface area is 202 Å². The highest BCUT2D eigenvalue weighted by Gasteiger charge is 2.44. The van der Waals surface area contributed by atoms with Gasteiger partial charge in [0.05, 0.1) is 12.5 Å². The van der Waals surface area contributed by atoms with Gasteiger partial charge in [-0.25, -0.2) is 0 Å². The molecule has 0 radical (unpaired) electrons. The van der Waals surface area contributed by atoms with Crippen molar-refractivity contribution >= 4 is 21.9 Å². The zero-order valence-electron chi connectivity index (χ0n) is 20.1. The summed E-state index contributed by atoms with van der Waals surface area (Å²) >= 11 is 3.51. The van der Waals surface area contributed by atoms with E-state index in [1.807, 2.05) is 12.1 Å². The first-order valence-corrected chi connectivity index (χ1v) is 12.8. The number of likely N-dealkylation sites (tertiary alicyclic amines) is 1. The molecule has 32 heavy (non-hydrogen) atoms. The molecule has 1 fully saturated rings. The Morgan fingerprint density at radius 3 is 2.44 bits per heavy atom. The zero-order valence-corrected chi connectivity index (χ0v) is 21.7. The molecule has 2 aromatic carbocycles. The molecular weight excluding hydrogens is 462 g/mol. The molecule has 0 amide bonds. The molecule has 1 unspecified atom stereocenters. The lowest BCUT2D eigenvalue weighted by Crippen LogP contribution is -2.43. The van der Waals surface area contributed by atoms with Crippen molar-refractivity contribution in [3.05, 3.63) is 69.7 Å². The highest BCUT2D eigenvalue weighted by atomic mass is 79.9. The van der Waals surface area contributed by atoms with Crippen molar-refractivity contribution in [2.45, 2.75) is 58.3 Å². The Balaban J connectivity index is 1.57. The van der Waals surface area contributed by atoms with E-state index >= 15 is 0 Å². The molecule has 1 aliphatic rings. The third kappa shape index (κ3) is 6.02. The van der Waals surface area contributed by atoms with Gasteiger partial charge in [0.1, 0.15) is 0 Å². The van der Waals surface area contributed by atoms with E-state index in [4.69, 9.17) is 4.74 Å². The number of halogens is 1. The molecule has 0 N–H and O–H groups in total. The summed E-state index contributed by atoms with van der Waals surface area (Å²) in [5.41, 5.74) is 3.28. The maximum Gasteiger partial charge on any atom is 0.316 e. The van der Waals surface area contributed by atoms with Crippen LogP contribution in [-0.2, 0) is 21.4 Å². The Hall–Kier alpha value is -1.65. The molecule has 1 heterocycles. The Morgan fingerprint density at radius 1 is 1.16 bits per heavy atom. The van der Waals surface area contributed by atoms with Gasteiger partial charge < -0.3 is 9.64 Å². The van der Waals surface area contributed by atoms with E-state index in [0.29, 0.717) is 0 Å². The molecule has 0 aliphatic carbocycles. The number of rotatable bonds is 9. The number of carbonyl (C=O) groups excluding carboxylic acids is 1. The lowest BCUT2D eigenvalue weighted by molar-refractivity contribution is -0.150. The summed E-state index contributed by atoms with van der Waals surface area (Å²) in [6, 6.07) is 17.1. The second kappa shape index (κ2) is 11.5. The number of methoxy groups -OCH3 is 1. The summed E-state index contributed by atoms with van der Waals surface area (Å²) in [6.07, 6.45) is 5.51. The van der Waals surface area contributed by atoms with Crippen LogP contribution in [0.4, 0.5) is 0 Å². The van der Waals surface area contributed by atoms with Crippen LogP contribution in [0.1, 0.15) is 56.2 Å². The first-order chi connectivity index (χ1) is 15.3. The first kappa shape index (κ1) is 25.0. The zero-order chi connectivity index (χ0) is 23.1. The maximum absolute atomic E-state index is 13.0. The van der Waals surface area contributed by atoms with Crippen LogP contribution in [0, 0.1) is 18.8 Å². The van der Waals surface area contributed by atoms with E-state index in [1.54, 1.807) is 0 Å². The number of carbonyl (C=O) groups is 1. The van der Waals surface area contributed by atoms with Gasteiger partial charge in [0, 0.05) is 4.47 Å². The summed E-state index contributed by atoms with van der Waals surface area (Å²) in [4.78, 5) is 15.6. The van der Waals surface area contributed by atoms with E-state index < -0.39 is 5.41 Å². The summed E-state index contributed by atoms with van der Waals surface area (Å²) in [6.45, 7) is 9.79. The highest BCUT2D eigenvalue weighted by molar-refractivity contribution is 9.10. The quantitative estimate of drug-likeness (QED) is 0.365. The molecule has 0 bridgehead atoms. The molecule has 0 saturated carbocycles. The lowest BCUT2D eigenvalue weighted by atomic mass is 9.68. The minimum absolute atomic E-state index is 0.119. The summed E-state index contributed by atoms with van der Waals surface area (Å²) < 4.78 is 6.34. The van der Waals surface area contributed by atoms with Crippen LogP contribution in [0.5, 0.6) is 0 Å². The van der Waals surface area contributed by atoms with Crippen LogP contribution in [0.25, 0.3) is 0 Å². The van der Waals surface area contributed by atoms with Gasteiger partial charge in [0.2, 0.25) is 0 Å². The first-order valence-electron chi connectivity index (χ1n) is 12.0. The van der Waals surface area contributed by atoms with E-state index in [9.17, 15) is 4.79 Å². The Kier molecular flexibility index (Phi) is 8.95. The molecule has 0 spiro atoms. The van der Waals surface area contributed by atoms with Gasteiger partial charge in [-0.2, -0.15) is 0 Å². The van der Waals surface area contributed by atoms with Crippen molar-refractivity contribution < 1.29 is 9.53 Å². The maximum atomic E-state index is 13.0. The van der Waals surface area contributed by atoms with Crippen molar-refractivity contribution in [2.24, 2.45) is 11.8 Å². The fourth-order valence-corrected chi connectivity index (χ4v) is 5.58. The van der Waals surface area contributed by atoms with Gasteiger partial charge in [-0.05, 0) is 93.8 Å². The lowest BCUT2D eigenvalue weighted by Gasteiger charge is -2.37. The topological polar surface area (TPSA) is 29.5 Å². The van der Waals surface area contributed by atoms with E-state index in [-0.39, 0.29) is 11.9 Å². The van der Waals surface area contributed by atoms with Gasteiger partial charge in [-0.1, -0.05) is 71.7 Å². The van der Waals surface area contributed by atoms with Gasteiger partial charge >= 0.3 is 5.97 Å². The normalized spacial score (nSPS) is 17.3. The van der Waals surface area contributed by atoms with Crippen molar-refractivity contribution in [3.63, 3.8) is 0 Å². The third-order valence-electron chi connectivity index (χ3n) is 7.25. The standard InChI is InChI=1S/C28H38BrNO2/c1-21(2)28(27(31)32-4,25-9-11-26(29)12-10-25)15-6-16-30-17-13-23(14-18-30)20-24-8-5-7-22(3)19-24/h5,7-12,19,21,23H,6,13-18,20H2,1-4H3. The molecule has 4 heteroatoms. The summed E-state index contributed by atoms with van der Waals surface area (Å²) in [7, 11) is 1.51. The summed E-state index contributed by atoms with van der Waals surface area (Å²) in [5, 5.41) is 0. The molecule has 174 valence electrons. The fourth-order valence-electron chi connectivity index (χ4n) is 5.32. The van der Waals surface area contributed by atoms with Crippen LogP contribution >= 0.6 is 15.9 Å². The van der Waals surface area contributed by atoms with Crippen molar-refractivity contribution in [1.82, 2.24) is 4.90 Å². The molecule has 0 aromatic heterocycles. The summed E-state index contributed by atoms with van der Waals surface area (Å²) in [5.74, 6) is 0.823. The number of nitrogens with zero attached hydrogens (tertiary/aromatic N) is 1. The minimum atomic E-state index is -0.598. The van der Waals surface area contributed by atoms with Crippen molar-refractivity contribution in [1.29, 1.82) is 0 Å². The molecule has 3 nitrogen and oxygen atoms in total. The highest BCUT2D eigenvalue weighted by Crippen LogP contribution is 2.39. The molecule has 1 atom stereocenters. The number of esters is 1. The Bertz CT molecular complexity index is 871. The Morgan fingerprint density at radius 2 is 1.84 bits per heavy atom. The van der Waals surface area contributed by atoms with Crippen LogP contribution in [0.2, 0.25) is 0 Å². The second-order valence-electron chi connectivity index (χ2n) is 9.71. The SMILES string of the molecule is COC(=O)C(CCCN1CCC(Cc2cccc(C)c2)CC1)(c1ccc(Br)cc1)C(C)C. The number of hydrogen-bond acceptors (Lipinski definition) is 3. The smallest absolute Gasteiger partial charge is 0.316 e. The monoisotopic (exact) mass is 499 g/mol. The average Bonchev–Trinajstić information content (AvgIpc) is 2.78. The second-order valence-corrected chi connectivity index (χ2v) is 10.6. The van der Waals surface area contributed by atoms with E-state index in [2.05, 4.69) is 78.0 Å². The number of piperidine rings is 1. The number of ether oxygens (including phenoxy) is 1. The van der Waals surface area contributed by atoms with Crippen LogP contribution < -0.4 is 0 Å². The largest absolute Gasteiger partial charge is 0.468 e. The van der Waals surface area contributed by atoms with Gasteiger partial charge in [-0.3, -0.25) is 4.79 Å². The molecule has 3 rings (SSSR count). The van der Waals surface area contributed by atoms with Crippen molar-refractivity contribution in [2.75, 3.05) is 26.7 Å². The molecule has 1 aliphatic heterocycles. The number of benzene rings is 2. The van der Waals surface area contributed by atoms with E-state index in [0.717, 1.165) is 48.4 Å². The van der Waals surface area contributed by atoms with Gasteiger partial charge in [-0.15, -0.1) is 0 Å². The third-order valence-corrected chi connectivity index (χ3v) is 7.78. The van der Waals surface area contributed by atoms with E-state index in [1.165, 1.54) is 37.5 Å². The van der Waals surface area contributed by atoms with Crippen LogP contribution in [-0.4, -0.2) is 37.6 Å². The van der Waals surface area contributed by atoms with Crippen LogP contribution in [0.15, 0.2) is 53.0 Å². The van der Waals surface area contributed by atoms with Gasteiger partial charge in [0.25, 0.3) is 0 Å². The van der Waals surface area contributed by atoms with Gasteiger partial charge in [0.15, 0.2) is 0 Å². The average molecular weight is 501 g/mol. The minimum Gasteiger partial charge on any atom is -0.468 e. The molecular formula is C28H38BrNO2.